The van der Waals surface area contributed by atoms with E-state index in [1.165, 1.54) is 17.5 Å². The predicted molar refractivity (Wildman–Crippen MR) is 173 cm³/mol. The van der Waals surface area contributed by atoms with E-state index in [1.807, 2.05) is 56.3 Å². The van der Waals surface area contributed by atoms with Gasteiger partial charge in [-0.05, 0) is 53.8 Å². The lowest BCUT2D eigenvalue weighted by Gasteiger charge is -2.32. The normalized spacial score (nSPS) is 12.1. The number of amides is 2. The van der Waals surface area contributed by atoms with Crippen molar-refractivity contribution in [2.75, 3.05) is 30.8 Å². The molecule has 0 aromatic heterocycles. The van der Waals surface area contributed by atoms with Crippen LogP contribution in [-0.2, 0) is 32.6 Å². The molecule has 0 saturated heterocycles. The Bertz CT molecular complexity index is 1470. The average Bonchev–Trinajstić information content (AvgIpc) is 2.96. The van der Waals surface area contributed by atoms with Gasteiger partial charge in [0, 0.05) is 37.5 Å². The molecule has 0 unspecified atom stereocenters. The average molecular weight is 649 g/mol. The second-order valence-electron chi connectivity index (χ2n) is 10.8. The third-order valence-electron chi connectivity index (χ3n) is 6.80. The van der Waals surface area contributed by atoms with Gasteiger partial charge in [-0.2, -0.15) is 0 Å². The maximum Gasteiger partial charge on any atom is 0.243 e. The van der Waals surface area contributed by atoms with E-state index in [9.17, 15) is 18.0 Å². The van der Waals surface area contributed by atoms with Crippen LogP contribution in [0, 0.1) is 5.92 Å². The first-order valence-electron chi connectivity index (χ1n) is 14.1. The zero-order valence-corrected chi connectivity index (χ0v) is 27.3. The van der Waals surface area contributed by atoms with Gasteiger partial charge >= 0.3 is 0 Å². The van der Waals surface area contributed by atoms with E-state index in [2.05, 4.69) is 5.32 Å². The Morgan fingerprint density at radius 3 is 2.21 bits per heavy atom. The number of hydrogen-bond acceptors (Lipinski definition) is 5. The number of hydrogen-bond donors (Lipinski definition) is 1. The molecule has 0 heterocycles. The fourth-order valence-corrected chi connectivity index (χ4v) is 5.91. The zero-order chi connectivity index (χ0) is 31.6. The first kappa shape index (κ1) is 34.2. The summed E-state index contributed by atoms with van der Waals surface area (Å²) in [6.45, 7) is 4.72. The lowest BCUT2D eigenvalue weighted by atomic mass is 10.0. The molecule has 1 N–H and O–H groups in total. The third kappa shape index (κ3) is 10.4. The monoisotopic (exact) mass is 647 g/mol. The van der Waals surface area contributed by atoms with Crippen molar-refractivity contribution in [1.82, 2.24) is 10.2 Å². The summed E-state index contributed by atoms with van der Waals surface area (Å²) in [4.78, 5) is 29.1. The van der Waals surface area contributed by atoms with E-state index in [4.69, 9.17) is 27.9 Å². The molecule has 11 heteroatoms. The molecule has 0 aliphatic rings. The number of halogens is 2. The number of nitrogens with one attached hydrogen (secondary N) is 1. The van der Waals surface area contributed by atoms with Gasteiger partial charge in [-0.1, -0.05) is 79.5 Å². The predicted octanol–water partition coefficient (Wildman–Crippen LogP) is 5.96. The Morgan fingerprint density at radius 1 is 0.953 bits per heavy atom. The van der Waals surface area contributed by atoms with Crippen molar-refractivity contribution in [3.63, 3.8) is 0 Å². The van der Waals surface area contributed by atoms with Crippen LogP contribution in [-0.4, -0.2) is 57.6 Å². The summed E-state index contributed by atoms with van der Waals surface area (Å²) in [6, 6.07) is 20.6. The summed E-state index contributed by atoms with van der Waals surface area (Å²) in [7, 11) is -2.20. The van der Waals surface area contributed by atoms with Crippen molar-refractivity contribution < 1.29 is 22.7 Å². The Balaban J connectivity index is 1.88. The minimum atomic E-state index is -3.68. The zero-order valence-electron chi connectivity index (χ0n) is 24.9. The van der Waals surface area contributed by atoms with Gasteiger partial charge in [-0.15, -0.1) is 0 Å². The minimum absolute atomic E-state index is 0.0201. The highest BCUT2D eigenvalue weighted by Gasteiger charge is 2.30. The maximum atomic E-state index is 13.9. The van der Waals surface area contributed by atoms with E-state index < -0.39 is 16.1 Å². The van der Waals surface area contributed by atoms with Crippen LogP contribution >= 0.6 is 23.2 Å². The molecule has 1 atom stereocenters. The molecule has 0 spiro atoms. The van der Waals surface area contributed by atoms with Crippen molar-refractivity contribution in [2.45, 2.75) is 45.7 Å². The van der Waals surface area contributed by atoms with Gasteiger partial charge in [0.1, 0.15) is 11.8 Å². The van der Waals surface area contributed by atoms with Gasteiger partial charge in [0.25, 0.3) is 0 Å². The van der Waals surface area contributed by atoms with Crippen LogP contribution in [0.5, 0.6) is 5.75 Å². The van der Waals surface area contributed by atoms with Crippen molar-refractivity contribution in [3.8, 4) is 5.75 Å². The first-order chi connectivity index (χ1) is 20.4. The van der Waals surface area contributed by atoms with E-state index in [0.717, 1.165) is 17.4 Å². The number of anilines is 1. The van der Waals surface area contributed by atoms with E-state index in [0.29, 0.717) is 29.4 Å². The van der Waals surface area contributed by atoms with Gasteiger partial charge in [0.2, 0.25) is 21.8 Å². The Morgan fingerprint density at radius 2 is 1.63 bits per heavy atom. The number of sulfonamides is 1. The topological polar surface area (TPSA) is 96.0 Å². The molecule has 3 aromatic rings. The Kier molecular flexibility index (Phi) is 12.7. The number of nitrogens with zero attached hydrogens (tertiary/aromatic N) is 2. The van der Waals surface area contributed by atoms with Crippen LogP contribution in [0.1, 0.15) is 37.8 Å². The second kappa shape index (κ2) is 16.0. The lowest BCUT2D eigenvalue weighted by Crippen LogP contribution is -2.51. The van der Waals surface area contributed by atoms with E-state index in [-0.39, 0.29) is 48.7 Å². The molecule has 0 saturated carbocycles. The number of carbonyl (C=O) groups is 2. The summed E-state index contributed by atoms with van der Waals surface area (Å²) in [5.74, 6) is 0.143. The molecular weight excluding hydrogens is 609 g/mol. The van der Waals surface area contributed by atoms with Gasteiger partial charge < -0.3 is 15.0 Å². The van der Waals surface area contributed by atoms with Crippen LogP contribution < -0.4 is 14.4 Å². The third-order valence-corrected chi connectivity index (χ3v) is 8.54. The van der Waals surface area contributed by atoms with Crippen LogP contribution in [0.4, 0.5) is 5.69 Å². The quantitative estimate of drug-likeness (QED) is 0.220. The first-order valence-corrected chi connectivity index (χ1v) is 16.7. The molecule has 3 aromatic carbocycles. The fourth-order valence-electron chi connectivity index (χ4n) is 4.58. The molecule has 0 aliphatic carbocycles. The molecule has 0 aliphatic heterocycles. The van der Waals surface area contributed by atoms with Gasteiger partial charge in [-0.25, -0.2) is 8.42 Å². The highest BCUT2D eigenvalue weighted by molar-refractivity contribution is 7.92. The maximum absolute atomic E-state index is 13.9. The summed E-state index contributed by atoms with van der Waals surface area (Å²) < 4.78 is 31.8. The van der Waals surface area contributed by atoms with Crippen LogP contribution in [0.3, 0.4) is 0 Å². The number of carbonyl (C=O) groups excluding carboxylic acids is 2. The van der Waals surface area contributed by atoms with Crippen LogP contribution in [0.2, 0.25) is 10.0 Å². The number of ether oxygens (including phenoxy) is 1. The van der Waals surface area contributed by atoms with Crippen molar-refractivity contribution in [2.24, 2.45) is 5.92 Å². The summed E-state index contributed by atoms with van der Waals surface area (Å²) in [6.07, 6.45) is 1.67. The van der Waals surface area contributed by atoms with Crippen molar-refractivity contribution in [1.29, 1.82) is 0 Å². The number of benzene rings is 3. The highest BCUT2D eigenvalue weighted by atomic mass is 35.5. The van der Waals surface area contributed by atoms with E-state index in [1.54, 1.807) is 29.2 Å². The number of methoxy groups -OCH3 is 1. The molecule has 0 radical (unpaired) electrons. The van der Waals surface area contributed by atoms with Crippen LogP contribution in [0.25, 0.3) is 0 Å². The second-order valence-corrected chi connectivity index (χ2v) is 13.5. The smallest absolute Gasteiger partial charge is 0.243 e. The molecule has 2 amide bonds. The summed E-state index contributed by atoms with van der Waals surface area (Å²) >= 11 is 12.4. The van der Waals surface area contributed by atoms with Gasteiger partial charge in [0.05, 0.1) is 24.1 Å². The Hall–Kier alpha value is -3.27. The van der Waals surface area contributed by atoms with Crippen molar-refractivity contribution >= 4 is 50.7 Å². The standard InChI is InChI=1S/C32H39Cl2N3O5S/c1-23(2)21-35-32(39)29(19-24-9-6-5-7-10-24)36(22-25-12-14-26(33)15-13-25)31(38)11-8-18-37(43(4,40)41)27-16-17-30(42-3)28(34)20-27/h5-7,9-10,12-17,20,23,29H,8,11,18-19,21-22H2,1-4H3,(H,35,39)/t29-/m0/s1. The molecule has 232 valence electrons. The van der Waals surface area contributed by atoms with E-state index >= 15 is 0 Å². The molecule has 8 nitrogen and oxygen atoms in total. The highest BCUT2D eigenvalue weighted by Crippen LogP contribution is 2.30. The SMILES string of the molecule is COc1ccc(N(CCCC(=O)N(Cc2ccc(Cl)cc2)[C@@H](Cc2ccccc2)C(=O)NCC(C)C)S(C)(=O)=O)cc1Cl. The molecule has 43 heavy (non-hydrogen) atoms. The lowest BCUT2D eigenvalue weighted by molar-refractivity contribution is -0.141. The summed E-state index contributed by atoms with van der Waals surface area (Å²) in [5, 5.41) is 3.84. The minimum Gasteiger partial charge on any atom is -0.495 e. The molecule has 0 bridgehead atoms. The number of rotatable bonds is 15. The Labute approximate surface area is 265 Å². The molecular formula is C32H39Cl2N3O5S. The van der Waals surface area contributed by atoms with Crippen LogP contribution in [0.15, 0.2) is 72.8 Å². The van der Waals surface area contributed by atoms with Gasteiger partial charge in [0.15, 0.2) is 0 Å². The van der Waals surface area contributed by atoms with Gasteiger partial charge in [-0.3, -0.25) is 13.9 Å². The largest absolute Gasteiger partial charge is 0.495 e. The fraction of sp³-hybridized carbons (Fsp3) is 0.375. The summed E-state index contributed by atoms with van der Waals surface area (Å²) in [5.41, 5.74) is 2.10. The molecule has 0 fully saturated rings. The van der Waals surface area contributed by atoms with Crippen molar-refractivity contribution in [3.05, 3.63) is 94.0 Å². The molecule has 3 rings (SSSR count).